The summed E-state index contributed by atoms with van der Waals surface area (Å²) in [6.07, 6.45) is 4.84. The second-order valence-corrected chi connectivity index (χ2v) is 5.88. The highest BCUT2D eigenvalue weighted by molar-refractivity contribution is 7.99. The van der Waals surface area contributed by atoms with Gasteiger partial charge < -0.3 is 16.8 Å². The molecule has 0 aliphatic heterocycles. The topological polar surface area (TPSA) is 89.8 Å². The van der Waals surface area contributed by atoms with Crippen LogP contribution in [0.4, 0.5) is 27.1 Å². The maximum Gasteiger partial charge on any atom is 0.212 e. The van der Waals surface area contributed by atoms with E-state index in [4.69, 9.17) is 11.5 Å². The minimum absolute atomic E-state index is 0.518. The van der Waals surface area contributed by atoms with Gasteiger partial charge in [0.25, 0.3) is 0 Å². The predicted octanol–water partition coefficient (Wildman–Crippen LogP) is 3.67. The number of anilines is 4. The molecular weight excluding hydrogens is 313 g/mol. The van der Waals surface area contributed by atoms with Gasteiger partial charge in [0.05, 0.1) is 35.1 Å². The summed E-state index contributed by atoms with van der Waals surface area (Å²) in [5, 5.41) is 3.12. The van der Waals surface area contributed by atoms with E-state index in [-0.39, 0.29) is 0 Å². The van der Waals surface area contributed by atoms with Crippen molar-refractivity contribution in [3.8, 4) is 0 Å². The summed E-state index contributed by atoms with van der Waals surface area (Å²) < 4.78 is 12.8. The van der Waals surface area contributed by atoms with Gasteiger partial charge in [0, 0.05) is 16.0 Å². The molecule has 2 aromatic heterocycles. The number of pyridine rings is 2. The minimum Gasteiger partial charge on any atom is -0.397 e. The molecule has 0 radical (unpaired) electrons. The maximum absolute atomic E-state index is 12.8. The van der Waals surface area contributed by atoms with E-state index in [0.717, 1.165) is 15.5 Å². The molecule has 2 heterocycles. The summed E-state index contributed by atoms with van der Waals surface area (Å²) in [7, 11) is 0. The average molecular weight is 327 g/mol. The average Bonchev–Trinajstić information content (AvgIpc) is 2.54. The van der Waals surface area contributed by atoms with Crippen LogP contribution in [0.1, 0.15) is 0 Å². The van der Waals surface area contributed by atoms with Crippen molar-refractivity contribution in [1.29, 1.82) is 0 Å². The molecule has 0 saturated heterocycles. The largest absolute Gasteiger partial charge is 0.397 e. The van der Waals surface area contributed by atoms with Gasteiger partial charge in [-0.05, 0) is 30.3 Å². The summed E-state index contributed by atoms with van der Waals surface area (Å²) in [4.78, 5) is 9.57. The fourth-order valence-electron chi connectivity index (χ4n) is 1.94. The first-order valence-electron chi connectivity index (χ1n) is 6.77. The molecule has 7 heteroatoms. The van der Waals surface area contributed by atoms with Gasteiger partial charge in [0.15, 0.2) is 0 Å². The third-order valence-electron chi connectivity index (χ3n) is 3.06. The van der Waals surface area contributed by atoms with Gasteiger partial charge in [0.2, 0.25) is 5.95 Å². The molecule has 0 aliphatic carbocycles. The molecule has 0 spiro atoms. The molecule has 1 aromatic carbocycles. The molecular formula is C16H14FN5S. The van der Waals surface area contributed by atoms with Gasteiger partial charge in [-0.1, -0.05) is 17.8 Å². The van der Waals surface area contributed by atoms with Crippen LogP contribution in [0.3, 0.4) is 0 Å². The van der Waals surface area contributed by atoms with Crippen molar-refractivity contribution in [2.75, 3.05) is 16.8 Å². The Morgan fingerprint density at radius 1 is 1.00 bits per heavy atom. The van der Waals surface area contributed by atoms with Crippen LogP contribution in [0.15, 0.2) is 64.8 Å². The lowest BCUT2D eigenvalue weighted by Gasteiger charge is -2.09. The van der Waals surface area contributed by atoms with Crippen molar-refractivity contribution < 1.29 is 4.39 Å². The number of benzene rings is 1. The molecule has 3 rings (SSSR count). The highest BCUT2D eigenvalue weighted by atomic mass is 32.2. The van der Waals surface area contributed by atoms with E-state index in [1.165, 1.54) is 24.0 Å². The summed E-state index contributed by atoms with van der Waals surface area (Å²) in [5.41, 5.74) is 14.3. The fourth-order valence-corrected chi connectivity index (χ4v) is 2.86. The fraction of sp³-hybridized carbons (Fsp3) is 0. The molecule has 23 heavy (non-hydrogen) atoms. The van der Waals surface area contributed by atoms with E-state index in [0.29, 0.717) is 17.1 Å². The SMILES string of the molecule is Nc1cccc(Sc2cncc(Nc3ccc(F)nc3)c2)c1N. The van der Waals surface area contributed by atoms with Crippen molar-refractivity contribution in [3.63, 3.8) is 0 Å². The first-order chi connectivity index (χ1) is 11.1. The van der Waals surface area contributed by atoms with Gasteiger partial charge in [-0.2, -0.15) is 4.39 Å². The Labute approximate surface area is 137 Å². The Morgan fingerprint density at radius 3 is 2.65 bits per heavy atom. The number of nitrogens with zero attached hydrogens (tertiary/aromatic N) is 2. The number of rotatable bonds is 4. The number of hydrogen-bond donors (Lipinski definition) is 3. The first kappa shape index (κ1) is 15.1. The lowest BCUT2D eigenvalue weighted by Crippen LogP contribution is -1.96. The molecule has 0 fully saturated rings. The second kappa shape index (κ2) is 6.53. The number of aromatic nitrogens is 2. The Bertz CT molecular complexity index is 823. The monoisotopic (exact) mass is 327 g/mol. The van der Waals surface area contributed by atoms with E-state index in [1.807, 2.05) is 18.2 Å². The Hall–Kier alpha value is -2.80. The molecule has 5 nitrogen and oxygen atoms in total. The van der Waals surface area contributed by atoms with Crippen LogP contribution in [-0.2, 0) is 0 Å². The van der Waals surface area contributed by atoms with E-state index in [1.54, 1.807) is 24.5 Å². The number of nitrogens with one attached hydrogen (secondary N) is 1. The summed E-state index contributed by atoms with van der Waals surface area (Å²) in [6, 6.07) is 10.3. The number of hydrogen-bond acceptors (Lipinski definition) is 6. The molecule has 0 amide bonds. The molecule has 116 valence electrons. The summed E-state index contributed by atoms with van der Waals surface area (Å²) in [5.74, 6) is -0.518. The van der Waals surface area contributed by atoms with Gasteiger partial charge in [0.1, 0.15) is 0 Å². The van der Waals surface area contributed by atoms with E-state index in [9.17, 15) is 4.39 Å². The van der Waals surface area contributed by atoms with Crippen molar-refractivity contribution in [2.45, 2.75) is 9.79 Å². The van der Waals surface area contributed by atoms with Gasteiger partial charge in [-0.3, -0.25) is 4.98 Å². The number of para-hydroxylation sites is 1. The normalized spacial score (nSPS) is 10.5. The van der Waals surface area contributed by atoms with Crippen molar-refractivity contribution in [3.05, 3.63) is 60.9 Å². The predicted molar refractivity (Wildman–Crippen MR) is 91.1 cm³/mol. The number of nitrogen functional groups attached to an aromatic ring is 2. The Balaban J connectivity index is 1.79. The molecule has 0 atom stereocenters. The molecule has 0 unspecified atom stereocenters. The van der Waals surface area contributed by atoms with Crippen molar-refractivity contribution in [1.82, 2.24) is 9.97 Å². The molecule has 0 aliphatic rings. The highest BCUT2D eigenvalue weighted by Gasteiger charge is 2.06. The lowest BCUT2D eigenvalue weighted by atomic mass is 10.3. The van der Waals surface area contributed by atoms with Crippen LogP contribution < -0.4 is 16.8 Å². The zero-order valence-electron chi connectivity index (χ0n) is 12.0. The highest BCUT2D eigenvalue weighted by Crippen LogP contribution is 2.35. The number of halogens is 1. The number of nitrogens with two attached hydrogens (primary N) is 2. The van der Waals surface area contributed by atoms with E-state index >= 15 is 0 Å². The van der Waals surface area contributed by atoms with Gasteiger partial charge in [-0.25, -0.2) is 4.98 Å². The van der Waals surface area contributed by atoms with Crippen LogP contribution in [0.2, 0.25) is 0 Å². The Morgan fingerprint density at radius 2 is 1.87 bits per heavy atom. The summed E-state index contributed by atoms with van der Waals surface area (Å²) >= 11 is 1.47. The Kier molecular flexibility index (Phi) is 4.29. The summed E-state index contributed by atoms with van der Waals surface area (Å²) in [6.45, 7) is 0. The van der Waals surface area contributed by atoms with Crippen molar-refractivity contribution in [2.24, 2.45) is 0 Å². The van der Waals surface area contributed by atoms with Gasteiger partial charge in [-0.15, -0.1) is 0 Å². The maximum atomic E-state index is 12.8. The van der Waals surface area contributed by atoms with Crippen LogP contribution in [0.25, 0.3) is 0 Å². The molecule has 0 bridgehead atoms. The molecule has 5 N–H and O–H groups in total. The molecule has 0 saturated carbocycles. The van der Waals surface area contributed by atoms with Crippen LogP contribution in [-0.4, -0.2) is 9.97 Å². The third-order valence-corrected chi connectivity index (χ3v) is 4.09. The van der Waals surface area contributed by atoms with Crippen molar-refractivity contribution >= 4 is 34.5 Å². The third kappa shape index (κ3) is 3.70. The van der Waals surface area contributed by atoms with Crippen LogP contribution in [0, 0.1) is 5.95 Å². The van der Waals surface area contributed by atoms with Crippen LogP contribution in [0.5, 0.6) is 0 Å². The molecule has 3 aromatic rings. The second-order valence-electron chi connectivity index (χ2n) is 4.77. The standard InChI is InChI=1S/C16H14FN5S/c17-15-5-4-10(8-21-15)22-11-6-12(9-20-7-11)23-14-3-1-2-13(18)16(14)19/h1-9,22H,18-19H2. The minimum atomic E-state index is -0.518. The zero-order valence-corrected chi connectivity index (χ0v) is 12.8. The van der Waals surface area contributed by atoms with Gasteiger partial charge >= 0.3 is 0 Å². The van der Waals surface area contributed by atoms with E-state index < -0.39 is 5.95 Å². The lowest BCUT2D eigenvalue weighted by molar-refractivity contribution is 0.584. The van der Waals surface area contributed by atoms with Crippen LogP contribution >= 0.6 is 11.8 Å². The van der Waals surface area contributed by atoms with E-state index in [2.05, 4.69) is 15.3 Å². The quantitative estimate of drug-likeness (QED) is 0.500. The smallest absolute Gasteiger partial charge is 0.212 e. The first-order valence-corrected chi connectivity index (χ1v) is 7.59. The zero-order chi connectivity index (χ0) is 16.2.